The molecule has 0 aliphatic carbocycles. The molecule has 12 heavy (non-hydrogen) atoms. The summed E-state index contributed by atoms with van der Waals surface area (Å²) < 4.78 is 35.7. The average Bonchev–Trinajstić information content (AvgIpc) is 2.08. The minimum absolute atomic E-state index is 0. The Labute approximate surface area is 124 Å². The van der Waals surface area contributed by atoms with Crippen molar-refractivity contribution in [2.75, 3.05) is 0 Å². The Balaban J connectivity index is 0.00000121. The largest absolute Gasteiger partial charge is 1.00 e. The Morgan fingerprint density at radius 1 is 1.25 bits per heavy atom. The maximum atomic E-state index is 12.0. The zero-order chi connectivity index (χ0) is 8.65. The molecule has 0 aliphatic heterocycles. The maximum Gasteiger partial charge on any atom is 1.00 e. The molecule has 0 saturated heterocycles. The molecule has 1 heterocycles. The molecule has 1 rings (SSSR count). The number of rotatable bonds is 1. The van der Waals surface area contributed by atoms with Crippen LogP contribution in [0.2, 0.25) is 8.67 Å². The molecule has 1 aromatic heterocycles. The molecular weight excluding hydrogens is 258 g/mol. The van der Waals surface area contributed by atoms with E-state index in [0.717, 1.165) is 17.4 Å². The number of halogens is 5. The summed E-state index contributed by atoms with van der Waals surface area (Å²) in [6, 6.07) is 0.842. The molecule has 0 spiro atoms. The van der Waals surface area contributed by atoms with Gasteiger partial charge in [-0.2, -0.15) is 0 Å². The van der Waals surface area contributed by atoms with E-state index in [2.05, 4.69) is 0 Å². The van der Waals surface area contributed by atoms with E-state index in [1.54, 1.807) is 0 Å². The molecular formula is C4HBCl2F3KS. The van der Waals surface area contributed by atoms with E-state index in [4.69, 9.17) is 23.2 Å². The van der Waals surface area contributed by atoms with Gasteiger partial charge in [0.25, 0.3) is 0 Å². The predicted molar refractivity (Wildman–Crippen MR) is 43.1 cm³/mol. The van der Waals surface area contributed by atoms with Crippen LogP contribution in [-0.2, 0) is 0 Å². The molecule has 1 aromatic rings. The van der Waals surface area contributed by atoms with Gasteiger partial charge >= 0.3 is 58.4 Å². The maximum absolute atomic E-state index is 12.0. The van der Waals surface area contributed by atoms with Gasteiger partial charge in [0.1, 0.15) is 0 Å². The molecule has 0 saturated carbocycles. The summed E-state index contributed by atoms with van der Waals surface area (Å²) >= 11 is 11.3. The summed E-state index contributed by atoms with van der Waals surface area (Å²) in [5.74, 6) is 0. The van der Waals surface area contributed by atoms with Crippen LogP contribution in [0.1, 0.15) is 0 Å². The fourth-order valence-electron chi connectivity index (χ4n) is 0.576. The Bertz CT molecular complexity index is 274. The third-order valence-electron chi connectivity index (χ3n) is 1.04. The van der Waals surface area contributed by atoms with E-state index < -0.39 is 12.4 Å². The summed E-state index contributed by atoms with van der Waals surface area (Å²) in [5, 5.41) is 0. The van der Waals surface area contributed by atoms with Crippen LogP contribution in [0.5, 0.6) is 0 Å². The second kappa shape index (κ2) is 5.02. The van der Waals surface area contributed by atoms with Gasteiger partial charge in [0.05, 0.1) is 8.67 Å². The molecule has 0 atom stereocenters. The Morgan fingerprint density at radius 2 is 1.75 bits per heavy atom. The number of hydrogen-bond acceptors (Lipinski definition) is 1. The predicted octanol–water partition coefficient (Wildman–Crippen LogP) is 0.113. The van der Waals surface area contributed by atoms with E-state index >= 15 is 0 Å². The number of hydrogen-bond donors (Lipinski definition) is 0. The van der Waals surface area contributed by atoms with Crippen LogP contribution in [0.3, 0.4) is 0 Å². The Hall–Kier alpha value is 1.77. The standard InChI is InChI=1S/C4HBCl2F3S.K/c6-3-1-2(4(7)11-3)5(8,9)10;/h1H;/q-1;+1. The van der Waals surface area contributed by atoms with Gasteiger partial charge in [-0.05, 0) is 0 Å². The van der Waals surface area contributed by atoms with Crippen molar-refractivity contribution < 1.29 is 64.3 Å². The van der Waals surface area contributed by atoms with Gasteiger partial charge in [-0.3, -0.25) is 0 Å². The van der Waals surface area contributed by atoms with Crippen molar-refractivity contribution in [3.63, 3.8) is 0 Å². The van der Waals surface area contributed by atoms with Gasteiger partial charge in [-0.1, -0.05) is 34.7 Å². The van der Waals surface area contributed by atoms with Crippen LogP contribution in [0.15, 0.2) is 6.07 Å². The van der Waals surface area contributed by atoms with Gasteiger partial charge in [0, 0.05) is 0 Å². The van der Waals surface area contributed by atoms with Crippen LogP contribution >= 0.6 is 34.5 Å². The molecule has 0 unspecified atom stereocenters. The van der Waals surface area contributed by atoms with Crippen molar-refractivity contribution in [2.45, 2.75) is 0 Å². The van der Waals surface area contributed by atoms with E-state index in [1.807, 2.05) is 0 Å². The first-order valence-corrected chi connectivity index (χ1v) is 4.13. The quantitative estimate of drug-likeness (QED) is 0.628. The van der Waals surface area contributed by atoms with E-state index in [9.17, 15) is 12.9 Å². The first-order chi connectivity index (χ1) is 4.91. The van der Waals surface area contributed by atoms with Gasteiger partial charge < -0.3 is 12.9 Å². The molecule has 0 bridgehead atoms. The summed E-state index contributed by atoms with van der Waals surface area (Å²) in [6.07, 6.45) is 0. The third kappa shape index (κ3) is 3.49. The fourth-order valence-corrected chi connectivity index (χ4v) is 2.14. The molecule has 0 nitrogen and oxygen atoms in total. The van der Waals surface area contributed by atoms with E-state index in [-0.39, 0.29) is 60.1 Å². The molecule has 0 aliphatic rings. The average molecular weight is 259 g/mol. The van der Waals surface area contributed by atoms with Gasteiger partial charge in [0.2, 0.25) is 0 Å². The fraction of sp³-hybridized carbons (Fsp3) is 0. The zero-order valence-electron chi connectivity index (χ0n) is 5.95. The van der Waals surface area contributed by atoms with E-state index in [0.29, 0.717) is 0 Å². The van der Waals surface area contributed by atoms with Crippen molar-refractivity contribution in [1.29, 1.82) is 0 Å². The van der Waals surface area contributed by atoms with Crippen molar-refractivity contribution in [1.82, 2.24) is 0 Å². The minimum atomic E-state index is -5.01. The van der Waals surface area contributed by atoms with Crippen LogP contribution in [0.25, 0.3) is 0 Å². The smallest absolute Gasteiger partial charge is 0.445 e. The van der Waals surface area contributed by atoms with Gasteiger partial charge in [-0.15, -0.1) is 11.3 Å². The topological polar surface area (TPSA) is 0 Å². The van der Waals surface area contributed by atoms with Crippen LogP contribution in [0, 0.1) is 0 Å². The van der Waals surface area contributed by atoms with Crippen molar-refractivity contribution in [3.05, 3.63) is 14.7 Å². The SMILES string of the molecule is F[B-](F)(F)c1cc(Cl)sc1Cl.[K+]. The first-order valence-electron chi connectivity index (χ1n) is 2.56. The summed E-state index contributed by atoms with van der Waals surface area (Å²) in [5.41, 5.74) is -0.804. The van der Waals surface area contributed by atoms with Crippen LogP contribution in [0.4, 0.5) is 12.9 Å². The second-order valence-electron chi connectivity index (χ2n) is 1.85. The van der Waals surface area contributed by atoms with Crippen LogP contribution < -0.4 is 56.8 Å². The summed E-state index contributed by atoms with van der Waals surface area (Å²) in [7, 11) is 0. The molecule has 8 heteroatoms. The number of thiophene rings is 1. The molecule has 0 aromatic carbocycles. The molecule has 0 radical (unpaired) electrons. The van der Waals surface area contributed by atoms with Crippen molar-refractivity contribution in [2.24, 2.45) is 0 Å². The Morgan fingerprint density at radius 3 is 1.92 bits per heavy atom. The van der Waals surface area contributed by atoms with Crippen molar-refractivity contribution in [3.8, 4) is 0 Å². The normalized spacial score (nSPS) is 11.1. The zero-order valence-corrected chi connectivity index (χ0v) is 11.4. The molecule has 62 valence electrons. The van der Waals surface area contributed by atoms with Gasteiger partial charge in [0.15, 0.2) is 0 Å². The molecule has 0 amide bonds. The first kappa shape index (κ1) is 13.8. The monoisotopic (exact) mass is 258 g/mol. The minimum Gasteiger partial charge on any atom is -0.445 e. The second-order valence-corrected chi connectivity index (χ2v) is 4.14. The summed E-state index contributed by atoms with van der Waals surface area (Å²) in [4.78, 5) is 0. The van der Waals surface area contributed by atoms with E-state index in [1.165, 1.54) is 0 Å². The summed E-state index contributed by atoms with van der Waals surface area (Å²) in [6.45, 7) is -5.01. The van der Waals surface area contributed by atoms with Gasteiger partial charge in [-0.25, -0.2) is 0 Å². The van der Waals surface area contributed by atoms with Crippen LogP contribution in [-0.4, -0.2) is 6.98 Å². The molecule has 0 fully saturated rings. The third-order valence-corrected chi connectivity index (χ3v) is 2.55. The Kier molecular flexibility index (Phi) is 5.76. The van der Waals surface area contributed by atoms with Crippen molar-refractivity contribution >= 4 is 47.0 Å². The molecule has 0 N–H and O–H groups in total.